The summed E-state index contributed by atoms with van der Waals surface area (Å²) in [6.07, 6.45) is 4.91. The molecule has 5 nitrogen and oxygen atoms in total. The molecular formula is C15H19N3O2S. The lowest BCUT2D eigenvalue weighted by Gasteiger charge is -2.16. The van der Waals surface area contributed by atoms with E-state index in [0.29, 0.717) is 5.56 Å². The van der Waals surface area contributed by atoms with Crippen molar-refractivity contribution in [1.82, 2.24) is 0 Å². The SMILES string of the molecule is Cc1c(NC2=NC3(CCCC3)CS2)ccc([N+](=O)[O-])c1C. The molecule has 1 fully saturated rings. The second-order valence-electron chi connectivity index (χ2n) is 5.90. The number of rotatable bonds is 2. The first kappa shape index (κ1) is 14.4. The number of thioether (sulfide) groups is 1. The topological polar surface area (TPSA) is 67.5 Å². The van der Waals surface area contributed by atoms with Gasteiger partial charge in [0.1, 0.15) is 0 Å². The van der Waals surface area contributed by atoms with Crippen LogP contribution >= 0.6 is 11.8 Å². The largest absolute Gasteiger partial charge is 0.335 e. The van der Waals surface area contributed by atoms with Crippen molar-refractivity contribution in [3.8, 4) is 0 Å². The predicted molar refractivity (Wildman–Crippen MR) is 87.3 cm³/mol. The van der Waals surface area contributed by atoms with E-state index in [1.54, 1.807) is 30.8 Å². The summed E-state index contributed by atoms with van der Waals surface area (Å²) < 4.78 is 0. The van der Waals surface area contributed by atoms with Gasteiger partial charge in [-0.15, -0.1) is 0 Å². The number of hydrogen-bond donors (Lipinski definition) is 1. The van der Waals surface area contributed by atoms with E-state index in [1.807, 2.05) is 6.92 Å². The highest BCUT2D eigenvalue weighted by Gasteiger charge is 2.38. The third-order valence-electron chi connectivity index (χ3n) is 4.55. The van der Waals surface area contributed by atoms with E-state index in [4.69, 9.17) is 4.99 Å². The predicted octanol–water partition coefficient (Wildman–Crippen LogP) is 4.04. The van der Waals surface area contributed by atoms with Crippen LogP contribution in [0.4, 0.5) is 11.4 Å². The van der Waals surface area contributed by atoms with Crippen LogP contribution in [0.3, 0.4) is 0 Å². The lowest BCUT2D eigenvalue weighted by atomic mass is 10.0. The van der Waals surface area contributed by atoms with Gasteiger partial charge in [-0.2, -0.15) is 0 Å². The number of nitrogens with one attached hydrogen (secondary N) is 1. The molecule has 0 radical (unpaired) electrons. The first-order chi connectivity index (χ1) is 10.0. The Morgan fingerprint density at radius 2 is 2.00 bits per heavy atom. The zero-order valence-corrected chi connectivity index (χ0v) is 13.1. The van der Waals surface area contributed by atoms with Gasteiger partial charge >= 0.3 is 0 Å². The summed E-state index contributed by atoms with van der Waals surface area (Å²) in [4.78, 5) is 15.5. The summed E-state index contributed by atoms with van der Waals surface area (Å²) in [5.41, 5.74) is 2.87. The van der Waals surface area contributed by atoms with Gasteiger partial charge in [0.25, 0.3) is 5.69 Å². The maximum Gasteiger partial charge on any atom is 0.272 e. The highest BCUT2D eigenvalue weighted by Crippen LogP contribution is 2.41. The minimum atomic E-state index is -0.332. The van der Waals surface area contributed by atoms with Crippen molar-refractivity contribution >= 4 is 28.3 Å². The van der Waals surface area contributed by atoms with Crippen LogP contribution < -0.4 is 5.32 Å². The second kappa shape index (κ2) is 5.33. The van der Waals surface area contributed by atoms with Crippen molar-refractivity contribution in [3.63, 3.8) is 0 Å². The molecule has 1 aromatic carbocycles. The molecule has 6 heteroatoms. The normalized spacial score (nSPS) is 19.8. The van der Waals surface area contributed by atoms with E-state index in [2.05, 4.69) is 5.32 Å². The van der Waals surface area contributed by atoms with Crippen molar-refractivity contribution in [2.24, 2.45) is 4.99 Å². The molecule has 0 amide bonds. The fourth-order valence-electron chi connectivity index (χ4n) is 3.09. The van der Waals surface area contributed by atoms with Gasteiger partial charge in [-0.05, 0) is 38.3 Å². The lowest BCUT2D eigenvalue weighted by Crippen LogP contribution is -2.21. The molecule has 0 saturated heterocycles. The zero-order chi connectivity index (χ0) is 15.0. The molecule has 1 heterocycles. The Kier molecular flexibility index (Phi) is 3.65. The maximum atomic E-state index is 11.0. The highest BCUT2D eigenvalue weighted by atomic mass is 32.2. The van der Waals surface area contributed by atoms with Crippen molar-refractivity contribution in [3.05, 3.63) is 33.4 Å². The maximum absolute atomic E-state index is 11.0. The molecule has 1 spiro atoms. The Morgan fingerprint density at radius 3 is 2.67 bits per heavy atom. The molecule has 1 aromatic rings. The average molecular weight is 305 g/mol. The second-order valence-corrected chi connectivity index (χ2v) is 6.87. The Morgan fingerprint density at radius 1 is 1.29 bits per heavy atom. The molecule has 3 rings (SSSR count). The molecule has 1 N–H and O–H groups in total. The van der Waals surface area contributed by atoms with E-state index in [9.17, 15) is 10.1 Å². The molecular weight excluding hydrogens is 286 g/mol. The van der Waals surface area contributed by atoms with Crippen molar-refractivity contribution < 1.29 is 4.92 Å². The molecule has 0 unspecified atom stereocenters. The smallest absolute Gasteiger partial charge is 0.272 e. The van der Waals surface area contributed by atoms with Crippen molar-refractivity contribution in [2.75, 3.05) is 11.1 Å². The fraction of sp³-hybridized carbons (Fsp3) is 0.533. The zero-order valence-electron chi connectivity index (χ0n) is 12.3. The molecule has 0 aromatic heterocycles. The molecule has 1 saturated carbocycles. The summed E-state index contributed by atoms with van der Waals surface area (Å²) in [6, 6.07) is 3.35. The minimum absolute atomic E-state index is 0.150. The number of benzene rings is 1. The summed E-state index contributed by atoms with van der Waals surface area (Å²) in [5.74, 6) is 1.06. The van der Waals surface area contributed by atoms with E-state index in [1.165, 1.54) is 25.7 Å². The van der Waals surface area contributed by atoms with E-state index >= 15 is 0 Å². The number of hydrogen-bond acceptors (Lipinski definition) is 5. The van der Waals surface area contributed by atoms with Crippen LogP contribution in [0.5, 0.6) is 0 Å². The first-order valence-corrected chi connectivity index (χ1v) is 8.24. The van der Waals surface area contributed by atoms with Crippen LogP contribution in [0.2, 0.25) is 0 Å². The number of nitro benzene ring substituents is 1. The number of anilines is 1. The Balaban J connectivity index is 1.83. The van der Waals surface area contributed by atoms with E-state index in [0.717, 1.165) is 22.2 Å². The van der Waals surface area contributed by atoms with Gasteiger partial charge in [0.2, 0.25) is 0 Å². The van der Waals surface area contributed by atoms with Gasteiger partial charge in [-0.3, -0.25) is 15.1 Å². The Hall–Kier alpha value is -1.56. The van der Waals surface area contributed by atoms with Gasteiger partial charge in [-0.1, -0.05) is 24.6 Å². The van der Waals surface area contributed by atoms with Gasteiger partial charge < -0.3 is 5.32 Å². The number of nitrogens with zero attached hydrogens (tertiary/aromatic N) is 2. The quantitative estimate of drug-likeness (QED) is 0.661. The molecule has 112 valence electrons. The van der Waals surface area contributed by atoms with Crippen LogP contribution in [0.15, 0.2) is 17.1 Å². The van der Waals surface area contributed by atoms with Crippen molar-refractivity contribution in [2.45, 2.75) is 45.1 Å². The standard InChI is InChI=1S/C15H19N3O2S/c1-10-11(2)13(18(19)20)6-5-12(10)16-14-17-15(9-21-14)7-3-4-8-15/h5-6H,3-4,7-9H2,1-2H3,(H,16,17). The number of nitro groups is 1. The molecule has 0 bridgehead atoms. The van der Waals surface area contributed by atoms with Crippen LogP contribution in [-0.4, -0.2) is 21.4 Å². The van der Waals surface area contributed by atoms with Crippen LogP contribution in [-0.2, 0) is 0 Å². The molecule has 0 atom stereocenters. The minimum Gasteiger partial charge on any atom is -0.335 e. The van der Waals surface area contributed by atoms with Gasteiger partial charge in [0.15, 0.2) is 5.17 Å². The van der Waals surface area contributed by atoms with Crippen LogP contribution in [0, 0.1) is 24.0 Å². The van der Waals surface area contributed by atoms with Crippen LogP contribution in [0.1, 0.15) is 36.8 Å². The highest BCUT2D eigenvalue weighted by molar-refractivity contribution is 8.14. The Labute approximate surface area is 128 Å². The summed E-state index contributed by atoms with van der Waals surface area (Å²) in [5, 5.41) is 15.3. The first-order valence-electron chi connectivity index (χ1n) is 7.25. The third kappa shape index (κ3) is 2.64. The van der Waals surface area contributed by atoms with Gasteiger partial charge in [0, 0.05) is 23.1 Å². The van der Waals surface area contributed by atoms with Gasteiger partial charge in [0.05, 0.1) is 10.5 Å². The lowest BCUT2D eigenvalue weighted by molar-refractivity contribution is -0.385. The molecule has 1 aliphatic carbocycles. The van der Waals surface area contributed by atoms with Crippen molar-refractivity contribution in [1.29, 1.82) is 0 Å². The third-order valence-corrected chi connectivity index (χ3v) is 5.70. The van der Waals surface area contributed by atoms with E-state index in [-0.39, 0.29) is 16.1 Å². The van der Waals surface area contributed by atoms with Crippen LogP contribution in [0.25, 0.3) is 0 Å². The van der Waals surface area contributed by atoms with E-state index < -0.39 is 0 Å². The summed E-state index contributed by atoms with van der Waals surface area (Å²) in [6.45, 7) is 3.71. The fourth-order valence-corrected chi connectivity index (χ4v) is 4.29. The molecule has 21 heavy (non-hydrogen) atoms. The molecule has 1 aliphatic heterocycles. The Bertz CT molecular complexity index is 622. The summed E-state index contributed by atoms with van der Waals surface area (Å²) in [7, 11) is 0. The summed E-state index contributed by atoms with van der Waals surface area (Å²) >= 11 is 1.76. The number of aliphatic imine (C=N–C) groups is 1. The molecule has 2 aliphatic rings. The average Bonchev–Trinajstić information content (AvgIpc) is 3.06. The number of amidine groups is 1. The van der Waals surface area contributed by atoms with Gasteiger partial charge in [-0.25, -0.2) is 0 Å². The monoisotopic (exact) mass is 305 g/mol.